The van der Waals surface area contributed by atoms with Crippen LogP contribution in [0.5, 0.6) is 0 Å². The molecule has 1 aromatic carbocycles. The topological polar surface area (TPSA) is 73.1 Å². The Labute approximate surface area is 122 Å². The molecule has 2 heterocycles. The second kappa shape index (κ2) is 4.59. The van der Waals surface area contributed by atoms with Gasteiger partial charge in [-0.15, -0.1) is 0 Å². The number of carbonyl (C=O) groups excluding carboxylic acids is 2. The minimum absolute atomic E-state index is 0.243. The molecule has 1 atom stereocenters. The zero-order chi connectivity index (χ0) is 14.4. The van der Waals surface area contributed by atoms with E-state index in [1.165, 1.54) is 9.13 Å². The van der Waals surface area contributed by atoms with E-state index >= 15 is 0 Å². The van der Waals surface area contributed by atoms with Crippen LogP contribution < -0.4 is 11.0 Å². The number of halogens is 1. The lowest BCUT2D eigenvalue weighted by molar-refractivity contribution is -0.135. The number of imide groups is 1. The molecule has 3 rings (SSSR count). The van der Waals surface area contributed by atoms with Crippen LogP contribution in [0, 0.1) is 0 Å². The molecule has 1 N–H and O–H groups in total. The molecule has 1 aromatic heterocycles. The van der Waals surface area contributed by atoms with Gasteiger partial charge in [0.05, 0.1) is 11.0 Å². The van der Waals surface area contributed by atoms with Crippen LogP contribution in [-0.4, -0.2) is 20.9 Å². The number of benzene rings is 1. The quantitative estimate of drug-likeness (QED) is 0.791. The van der Waals surface area contributed by atoms with Crippen molar-refractivity contribution in [3.8, 4) is 0 Å². The van der Waals surface area contributed by atoms with Gasteiger partial charge in [0.1, 0.15) is 6.04 Å². The lowest BCUT2D eigenvalue weighted by Gasteiger charge is -2.21. The lowest BCUT2D eigenvalue weighted by atomic mass is 10.1. The first kappa shape index (κ1) is 13.1. The summed E-state index contributed by atoms with van der Waals surface area (Å²) in [5.41, 5.74) is 1.16. The molecule has 0 radical (unpaired) electrons. The molecule has 0 bridgehead atoms. The van der Waals surface area contributed by atoms with Gasteiger partial charge in [0.25, 0.3) is 0 Å². The molecule has 1 saturated heterocycles. The van der Waals surface area contributed by atoms with Crippen LogP contribution in [0.2, 0.25) is 0 Å². The first-order valence-electron chi connectivity index (χ1n) is 6.20. The van der Waals surface area contributed by atoms with E-state index in [1.807, 2.05) is 12.1 Å². The standard InChI is InChI=1S/C13H12BrN3O3/c1-16-11-7(14)3-2-4-8(11)17(13(16)20)9-5-6-10(18)15-12(9)19/h2-4,9H,5-6H2,1H3,(H,15,18,19). The van der Waals surface area contributed by atoms with Gasteiger partial charge in [-0.25, -0.2) is 4.79 Å². The van der Waals surface area contributed by atoms with Gasteiger partial charge >= 0.3 is 5.69 Å². The fraction of sp³-hybridized carbons (Fsp3) is 0.308. The predicted molar refractivity (Wildman–Crippen MR) is 76.3 cm³/mol. The summed E-state index contributed by atoms with van der Waals surface area (Å²) in [6, 6.07) is 4.81. The average molecular weight is 338 g/mol. The molecule has 6 nitrogen and oxygen atoms in total. The number of aryl methyl sites for hydroxylation is 1. The Balaban J connectivity index is 2.25. The highest BCUT2D eigenvalue weighted by atomic mass is 79.9. The van der Waals surface area contributed by atoms with Gasteiger partial charge in [-0.3, -0.25) is 24.0 Å². The van der Waals surface area contributed by atoms with E-state index in [0.29, 0.717) is 11.9 Å². The summed E-state index contributed by atoms with van der Waals surface area (Å²) < 4.78 is 3.76. The number of para-hydroxylation sites is 1. The van der Waals surface area contributed by atoms with Crippen molar-refractivity contribution in [2.24, 2.45) is 7.05 Å². The van der Waals surface area contributed by atoms with Crippen molar-refractivity contribution >= 4 is 38.8 Å². The lowest BCUT2D eigenvalue weighted by Crippen LogP contribution is -2.44. The van der Waals surface area contributed by atoms with Crippen molar-refractivity contribution in [3.05, 3.63) is 33.2 Å². The van der Waals surface area contributed by atoms with Crippen molar-refractivity contribution < 1.29 is 9.59 Å². The average Bonchev–Trinajstić information content (AvgIpc) is 2.64. The summed E-state index contributed by atoms with van der Waals surface area (Å²) in [5.74, 6) is -0.712. The Kier molecular flexibility index (Phi) is 3.01. The van der Waals surface area contributed by atoms with E-state index in [1.54, 1.807) is 13.1 Å². The van der Waals surface area contributed by atoms with Crippen molar-refractivity contribution in [2.45, 2.75) is 18.9 Å². The van der Waals surface area contributed by atoms with Crippen LogP contribution in [0.4, 0.5) is 0 Å². The molecule has 1 aliphatic heterocycles. The minimum atomic E-state index is -0.641. The number of nitrogens with one attached hydrogen (secondary N) is 1. The number of nitrogens with zero attached hydrogens (tertiary/aromatic N) is 2. The maximum atomic E-state index is 12.4. The van der Waals surface area contributed by atoms with E-state index in [9.17, 15) is 14.4 Å². The van der Waals surface area contributed by atoms with Crippen molar-refractivity contribution in [2.75, 3.05) is 0 Å². The second-order valence-electron chi connectivity index (χ2n) is 4.79. The number of aromatic nitrogens is 2. The molecular formula is C13H12BrN3O3. The fourth-order valence-corrected chi connectivity index (χ4v) is 3.24. The van der Waals surface area contributed by atoms with Gasteiger partial charge in [0, 0.05) is 17.9 Å². The first-order chi connectivity index (χ1) is 9.50. The number of fused-ring (bicyclic) bond motifs is 1. The maximum absolute atomic E-state index is 12.4. The number of piperidine rings is 1. The fourth-order valence-electron chi connectivity index (χ4n) is 2.62. The molecule has 2 amide bonds. The van der Waals surface area contributed by atoms with Crippen LogP contribution in [0.3, 0.4) is 0 Å². The molecule has 0 spiro atoms. The number of hydrogen-bond donors (Lipinski definition) is 1. The summed E-state index contributed by atoms with van der Waals surface area (Å²) in [6.07, 6.45) is 0.587. The third-order valence-corrected chi connectivity index (χ3v) is 4.22. The van der Waals surface area contributed by atoms with Gasteiger partial charge < -0.3 is 0 Å². The smallest absolute Gasteiger partial charge is 0.295 e. The van der Waals surface area contributed by atoms with Crippen LogP contribution in [0.15, 0.2) is 27.5 Å². The number of imidazole rings is 1. The highest BCUT2D eigenvalue weighted by molar-refractivity contribution is 9.10. The monoisotopic (exact) mass is 337 g/mol. The zero-order valence-electron chi connectivity index (χ0n) is 10.7. The number of hydrogen-bond acceptors (Lipinski definition) is 3. The molecule has 7 heteroatoms. The predicted octanol–water partition coefficient (Wildman–Crippen LogP) is 1.08. The number of carbonyl (C=O) groups is 2. The van der Waals surface area contributed by atoms with Crippen LogP contribution in [0.1, 0.15) is 18.9 Å². The SMILES string of the molecule is Cn1c(=O)n(C2CCC(=O)NC2=O)c2cccc(Br)c21. The van der Waals surface area contributed by atoms with Gasteiger partial charge in [0.15, 0.2) is 0 Å². The van der Waals surface area contributed by atoms with E-state index < -0.39 is 11.9 Å². The number of rotatable bonds is 1. The molecule has 104 valence electrons. The third-order valence-electron chi connectivity index (χ3n) is 3.58. The van der Waals surface area contributed by atoms with Crippen LogP contribution >= 0.6 is 15.9 Å². The zero-order valence-corrected chi connectivity index (χ0v) is 12.3. The molecule has 1 fully saturated rings. The Morgan fingerprint density at radius 1 is 1.30 bits per heavy atom. The van der Waals surface area contributed by atoms with Gasteiger partial charge in [-0.2, -0.15) is 0 Å². The second-order valence-corrected chi connectivity index (χ2v) is 5.64. The summed E-state index contributed by atoms with van der Waals surface area (Å²) in [7, 11) is 1.66. The van der Waals surface area contributed by atoms with Crippen molar-refractivity contribution in [1.82, 2.24) is 14.5 Å². The van der Waals surface area contributed by atoms with E-state index in [0.717, 1.165) is 9.99 Å². The van der Waals surface area contributed by atoms with Gasteiger partial charge in [-0.1, -0.05) is 6.07 Å². The highest BCUT2D eigenvalue weighted by Crippen LogP contribution is 2.27. The third kappa shape index (κ3) is 1.81. The Hall–Kier alpha value is -1.89. The van der Waals surface area contributed by atoms with E-state index in [2.05, 4.69) is 21.2 Å². The van der Waals surface area contributed by atoms with E-state index in [4.69, 9.17) is 0 Å². The summed E-state index contributed by atoms with van der Waals surface area (Å²) in [4.78, 5) is 35.6. The summed E-state index contributed by atoms with van der Waals surface area (Å²) >= 11 is 3.42. The number of amides is 2. The minimum Gasteiger partial charge on any atom is -0.295 e. The van der Waals surface area contributed by atoms with Crippen LogP contribution in [0.25, 0.3) is 11.0 Å². The molecule has 2 aromatic rings. The molecular weight excluding hydrogens is 326 g/mol. The normalized spacial score (nSPS) is 19.4. The molecule has 1 aliphatic rings. The summed E-state index contributed by atoms with van der Waals surface area (Å²) in [5, 5.41) is 2.29. The van der Waals surface area contributed by atoms with Crippen molar-refractivity contribution in [3.63, 3.8) is 0 Å². The van der Waals surface area contributed by atoms with Gasteiger partial charge in [-0.05, 0) is 34.5 Å². The largest absolute Gasteiger partial charge is 0.329 e. The molecule has 20 heavy (non-hydrogen) atoms. The molecule has 0 aliphatic carbocycles. The summed E-state index contributed by atoms with van der Waals surface area (Å²) in [6.45, 7) is 0. The van der Waals surface area contributed by atoms with Crippen LogP contribution in [-0.2, 0) is 16.6 Å². The Morgan fingerprint density at radius 3 is 2.75 bits per heavy atom. The van der Waals surface area contributed by atoms with Crippen molar-refractivity contribution in [1.29, 1.82) is 0 Å². The Bertz CT molecular complexity index is 790. The first-order valence-corrected chi connectivity index (χ1v) is 6.99. The maximum Gasteiger partial charge on any atom is 0.329 e. The Morgan fingerprint density at radius 2 is 2.05 bits per heavy atom. The highest BCUT2D eigenvalue weighted by Gasteiger charge is 2.31. The molecule has 1 unspecified atom stereocenters. The molecule has 0 saturated carbocycles. The van der Waals surface area contributed by atoms with Gasteiger partial charge in [0.2, 0.25) is 11.8 Å². The van der Waals surface area contributed by atoms with E-state index in [-0.39, 0.29) is 18.0 Å².